The Balaban J connectivity index is 2.43. The van der Waals surface area contributed by atoms with Crippen molar-refractivity contribution in [3.8, 4) is 0 Å². The zero-order chi connectivity index (χ0) is 23.3. The van der Waals surface area contributed by atoms with Crippen molar-refractivity contribution >= 4 is 50.7 Å². The van der Waals surface area contributed by atoms with Crippen molar-refractivity contribution in [2.24, 2.45) is 0 Å². The van der Waals surface area contributed by atoms with Crippen molar-refractivity contribution in [1.82, 2.24) is 10.2 Å². The molecule has 2 aromatic carbocycles. The molecular weight excluding hydrogens is 468 g/mol. The van der Waals surface area contributed by atoms with Gasteiger partial charge in [-0.25, -0.2) is 12.8 Å². The summed E-state index contributed by atoms with van der Waals surface area (Å²) in [5.41, 5.74) is 0.273. The van der Waals surface area contributed by atoms with Gasteiger partial charge < -0.3 is 10.2 Å². The van der Waals surface area contributed by atoms with Crippen molar-refractivity contribution in [1.29, 1.82) is 0 Å². The number of amides is 2. The number of halogens is 3. The number of carbonyl (C=O) groups excluding carboxylic acids is 2. The lowest BCUT2D eigenvalue weighted by atomic mass is 10.1. The largest absolute Gasteiger partial charge is 0.357 e. The van der Waals surface area contributed by atoms with Crippen LogP contribution in [0.3, 0.4) is 0 Å². The Hall–Kier alpha value is -2.36. The second-order valence-corrected chi connectivity index (χ2v) is 9.58. The van der Waals surface area contributed by atoms with Crippen LogP contribution >= 0.6 is 23.2 Å². The third kappa shape index (κ3) is 6.56. The van der Waals surface area contributed by atoms with Gasteiger partial charge in [-0.3, -0.25) is 13.9 Å². The molecule has 0 saturated heterocycles. The Morgan fingerprint density at radius 1 is 1.13 bits per heavy atom. The van der Waals surface area contributed by atoms with Gasteiger partial charge in [0.1, 0.15) is 18.4 Å². The highest BCUT2D eigenvalue weighted by molar-refractivity contribution is 7.92. The molecule has 2 aromatic rings. The van der Waals surface area contributed by atoms with Gasteiger partial charge >= 0.3 is 0 Å². The highest BCUT2D eigenvalue weighted by Crippen LogP contribution is 2.27. The summed E-state index contributed by atoms with van der Waals surface area (Å²) in [5.74, 6) is -1.74. The topological polar surface area (TPSA) is 86.8 Å². The summed E-state index contributed by atoms with van der Waals surface area (Å²) < 4.78 is 39.9. The lowest BCUT2D eigenvalue weighted by molar-refractivity contribution is -0.139. The Bertz CT molecular complexity index is 1060. The normalized spacial score (nSPS) is 12.2. The predicted molar refractivity (Wildman–Crippen MR) is 119 cm³/mol. The molecule has 168 valence electrons. The number of benzene rings is 2. The molecule has 0 spiro atoms. The fraction of sp³-hybridized carbons (Fsp3) is 0.300. The van der Waals surface area contributed by atoms with E-state index in [-0.39, 0.29) is 27.8 Å². The van der Waals surface area contributed by atoms with E-state index in [1.165, 1.54) is 50.4 Å². The maximum atomic E-state index is 14.2. The molecule has 1 unspecified atom stereocenters. The Labute approximate surface area is 190 Å². The van der Waals surface area contributed by atoms with Crippen molar-refractivity contribution in [2.75, 3.05) is 24.2 Å². The number of likely N-dealkylation sites (N-methyl/N-ethyl adjacent to an activating group) is 1. The summed E-state index contributed by atoms with van der Waals surface area (Å²) in [6.45, 7) is 0.609. The zero-order valence-electron chi connectivity index (χ0n) is 17.1. The minimum Gasteiger partial charge on any atom is -0.357 e. The molecule has 7 nitrogen and oxygen atoms in total. The SMILES string of the molecule is CNC(=O)C(C)N(Cc1ccccc1F)C(=O)CN(c1cc(Cl)cc(Cl)c1)S(C)(=O)=O. The van der Waals surface area contributed by atoms with Gasteiger partial charge in [0.2, 0.25) is 21.8 Å². The molecule has 0 radical (unpaired) electrons. The molecule has 1 N–H and O–H groups in total. The Morgan fingerprint density at radius 2 is 1.71 bits per heavy atom. The van der Waals surface area contributed by atoms with E-state index in [1.807, 2.05) is 0 Å². The smallest absolute Gasteiger partial charge is 0.244 e. The Kier molecular flexibility index (Phi) is 8.27. The van der Waals surface area contributed by atoms with E-state index >= 15 is 0 Å². The molecule has 0 aliphatic rings. The second kappa shape index (κ2) is 10.3. The van der Waals surface area contributed by atoms with Gasteiger partial charge in [0.25, 0.3) is 0 Å². The number of hydrogen-bond acceptors (Lipinski definition) is 4. The van der Waals surface area contributed by atoms with E-state index in [1.54, 1.807) is 6.07 Å². The predicted octanol–water partition coefficient (Wildman–Crippen LogP) is 3.06. The van der Waals surface area contributed by atoms with Crippen LogP contribution in [0.25, 0.3) is 0 Å². The van der Waals surface area contributed by atoms with E-state index in [0.29, 0.717) is 0 Å². The monoisotopic (exact) mass is 489 g/mol. The molecule has 11 heteroatoms. The van der Waals surface area contributed by atoms with Crippen molar-refractivity contribution in [3.63, 3.8) is 0 Å². The fourth-order valence-corrected chi connectivity index (χ4v) is 4.25. The van der Waals surface area contributed by atoms with Crippen LogP contribution in [0.5, 0.6) is 0 Å². The van der Waals surface area contributed by atoms with E-state index < -0.39 is 40.2 Å². The molecule has 2 rings (SSSR count). The van der Waals surface area contributed by atoms with Crippen LogP contribution in [0.1, 0.15) is 12.5 Å². The minimum absolute atomic E-state index is 0.0896. The quantitative estimate of drug-likeness (QED) is 0.617. The molecule has 0 aromatic heterocycles. The summed E-state index contributed by atoms with van der Waals surface area (Å²) in [5, 5.41) is 2.81. The molecule has 0 aliphatic carbocycles. The van der Waals surface area contributed by atoms with Gasteiger partial charge in [-0.2, -0.15) is 0 Å². The van der Waals surface area contributed by atoms with Crippen LogP contribution in [0, 0.1) is 5.82 Å². The molecule has 0 aliphatic heterocycles. The molecule has 2 amide bonds. The van der Waals surface area contributed by atoms with Crippen LogP contribution in [0.4, 0.5) is 10.1 Å². The highest BCUT2D eigenvalue weighted by Gasteiger charge is 2.30. The summed E-state index contributed by atoms with van der Waals surface area (Å²) in [6, 6.07) is 8.96. The van der Waals surface area contributed by atoms with E-state index in [0.717, 1.165) is 15.5 Å². The number of carbonyl (C=O) groups is 2. The first-order valence-electron chi connectivity index (χ1n) is 9.12. The number of anilines is 1. The number of hydrogen-bond donors (Lipinski definition) is 1. The molecular formula is C20H22Cl2FN3O4S. The average Bonchev–Trinajstić information content (AvgIpc) is 2.68. The average molecular weight is 490 g/mol. The number of nitrogens with zero attached hydrogens (tertiary/aromatic N) is 2. The summed E-state index contributed by atoms with van der Waals surface area (Å²) in [7, 11) is -2.51. The van der Waals surface area contributed by atoms with E-state index in [4.69, 9.17) is 23.2 Å². The van der Waals surface area contributed by atoms with Gasteiger partial charge in [0.15, 0.2) is 0 Å². The van der Waals surface area contributed by atoms with Crippen LogP contribution in [0.2, 0.25) is 10.0 Å². The summed E-state index contributed by atoms with van der Waals surface area (Å²) in [6.07, 6.45) is 0.929. The number of nitrogens with one attached hydrogen (secondary N) is 1. The minimum atomic E-state index is -3.92. The van der Waals surface area contributed by atoms with Crippen molar-refractivity contribution in [3.05, 3.63) is 63.9 Å². The van der Waals surface area contributed by atoms with Crippen LogP contribution in [0.15, 0.2) is 42.5 Å². The van der Waals surface area contributed by atoms with Gasteiger partial charge in [0, 0.05) is 29.2 Å². The van der Waals surface area contributed by atoms with Gasteiger partial charge in [0.05, 0.1) is 11.9 Å². The highest BCUT2D eigenvalue weighted by atomic mass is 35.5. The standard InChI is InChI=1S/C20H22Cl2FN3O4S/c1-13(20(28)24-2)25(11-14-6-4-5-7-18(14)23)19(27)12-26(31(3,29)30)17-9-15(21)8-16(22)10-17/h4-10,13H,11-12H2,1-3H3,(H,24,28). The third-order valence-corrected chi connectivity index (χ3v) is 6.10. The maximum Gasteiger partial charge on any atom is 0.244 e. The van der Waals surface area contributed by atoms with Crippen LogP contribution < -0.4 is 9.62 Å². The zero-order valence-corrected chi connectivity index (χ0v) is 19.4. The lowest BCUT2D eigenvalue weighted by Gasteiger charge is -2.31. The van der Waals surface area contributed by atoms with E-state index in [9.17, 15) is 22.4 Å². The first kappa shape index (κ1) is 24.9. The van der Waals surface area contributed by atoms with Crippen LogP contribution in [-0.2, 0) is 26.2 Å². The number of sulfonamides is 1. The van der Waals surface area contributed by atoms with Gasteiger partial charge in [-0.15, -0.1) is 0 Å². The fourth-order valence-electron chi connectivity index (χ4n) is 2.90. The third-order valence-electron chi connectivity index (χ3n) is 4.53. The number of rotatable bonds is 8. The first-order valence-corrected chi connectivity index (χ1v) is 11.7. The molecule has 0 fully saturated rings. The molecule has 1 atom stereocenters. The van der Waals surface area contributed by atoms with Gasteiger partial charge in [-0.1, -0.05) is 41.4 Å². The van der Waals surface area contributed by atoms with E-state index in [2.05, 4.69) is 5.32 Å². The maximum absolute atomic E-state index is 14.2. The molecule has 0 bridgehead atoms. The molecule has 0 heterocycles. The van der Waals surface area contributed by atoms with Crippen LogP contribution in [-0.4, -0.2) is 51.0 Å². The first-order chi connectivity index (χ1) is 14.4. The second-order valence-electron chi connectivity index (χ2n) is 6.80. The molecule has 0 saturated carbocycles. The Morgan fingerprint density at radius 3 is 2.23 bits per heavy atom. The van der Waals surface area contributed by atoms with Crippen molar-refractivity contribution < 1.29 is 22.4 Å². The molecule has 31 heavy (non-hydrogen) atoms. The van der Waals surface area contributed by atoms with Gasteiger partial charge in [-0.05, 0) is 31.2 Å². The summed E-state index contributed by atoms with van der Waals surface area (Å²) >= 11 is 12.0. The summed E-state index contributed by atoms with van der Waals surface area (Å²) in [4.78, 5) is 26.5. The van der Waals surface area contributed by atoms with Crippen molar-refractivity contribution in [2.45, 2.75) is 19.5 Å². The lowest BCUT2D eigenvalue weighted by Crippen LogP contribution is -2.50.